The minimum Gasteiger partial charge on any atom is -0.508 e. The average Bonchev–Trinajstić information content (AvgIpc) is 2.02. The Hall–Kier alpha value is -1.06. The van der Waals surface area contributed by atoms with Crippen LogP contribution in [0.4, 0.5) is 0 Å². The molecule has 1 atom stereocenters. The molecule has 3 N–H and O–H groups in total. The molecule has 1 aromatic carbocycles. The van der Waals surface area contributed by atoms with E-state index in [9.17, 15) is 5.11 Å². The molecule has 3 heteroatoms. The van der Waals surface area contributed by atoms with Crippen molar-refractivity contribution >= 4 is 0 Å². The summed E-state index contributed by atoms with van der Waals surface area (Å²) in [6, 6.07) is 7.20. The maximum absolute atomic E-state index is 9.29. The van der Waals surface area contributed by atoms with Gasteiger partial charge in [-0.2, -0.15) is 0 Å². The second kappa shape index (κ2) is 3.98. The largest absolute Gasteiger partial charge is 0.508 e. The highest BCUT2D eigenvalue weighted by Crippen LogP contribution is 2.16. The third kappa shape index (κ3) is 2.72. The Morgan fingerprint density at radius 3 is 2.57 bits per heavy atom. The van der Waals surface area contributed by atoms with Crippen LogP contribution in [0.1, 0.15) is 12.5 Å². The van der Waals surface area contributed by atoms with Gasteiger partial charge in [0.05, 0.1) is 5.66 Å². The minimum atomic E-state index is -0.381. The summed E-state index contributed by atoms with van der Waals surface area (Å²) in [5.41, 5.74) is 6.75. The van der Waals surface area contributed by atoms with Crippen LogP contribution in [0.5, 0.6) is 5.75 Å². The first kappa shape index (κ1) is 11.0. The molecule has 0 aliphatic heterocycles. The van der Waals surface area contributed by atoms with Crippen LogP contribution in [-0.4, -0.2) is 29.8 Å². The van der Waals surface area contributed by atoms with Crippen LogP contribution in [0.2, 0.25) is 0 Å². The van der Waals surface area contributed by atoms with Crippen molar-refractivity contribution in [2.24, 2.45) is 5.73 Å². The Labute approximate surface area is 85.2 Å². The van der Waals surface area contributed by atoms with Crippen LogP contribution in [-0.2, 0) is 6.42 Å². The molecule has 0 aliphatic carbocycles. The maximum Gasteiger partial charge on any atom is 0.115 e. The molecule has 1 unspecified atom stereocenters. The number of aromatic hydroxyl groups is 1. The summed E-state index contributed by atoms with van der Waals surface area (Å²) in [6.07, 6.45) is 0.717. The number of hydrogen-bond acceptors (Lipinski definition) is 3. The van der Waals surface area contributed by atoms with Gasteiger partial charge in [-0.15, -0.1) is 0 Å². The quantitative estimate of drug-likeness (QED) is 0.710. The van der Waals surface area contributed by atoms with Crippen molar-refractivity contribution in [2.45, 2.75) is 19.0 Å². The van der Waals surface area contributed by atoms with Gasteiger partial charge in [0.1, 0.15) is 5.75 Å². The Bertz CT molecular complexity index is 308. The topological polar surface area (TPSA) is 49.5 Å². The third-order valence-electron chi connectivity index (χ3n) is 2.49. The van der Waals surface area contributed by atoms with E-state index in [4.69, 9.17) is 5.73 Å². The van der Waals surface area contributed by atoms with Gasteiger partial charge < -0.3 is 10.8 Å². The van der Waals surface area contributed by atoms with Crippen LogP contribution in [0, 0.1) is 0 Å². The summed E-state index contributed by atoms with van der Waals surface area (Å²) in [5, 5.41) is 9.29. The molecule has 1 rings (SSSR count). The van der Waals surface area contributed by atoms with Crippen LogP contribution in [0.15, 0.2) is 24.3 Å². The SMILES string of the molecule is CN(C)C(C)(N)Cc1cccc(O)c1. The molecule has 0 aromatic heterocycles. The number of hydrogen-bond donors (Lipinski definition) is 2. The van der Waals surface area contributed by atoms with Gasteiger partial charge in [-0.05, 0) is 38.7 Å². The molecule has 0 radical (unpaired) electrons. The summed E-state index contributed by atoms with van der Waals surface area (Å²) in [6.45, 7) is 1.97. The van der Waals surface area contributed by atoms with Crippen molar-refractivity contribution < 1.29 is 5.11 Å². The lowest BCUT2D eigenvalue weighted by Gasteiger charge is -2.32. The van der Waals surface area contributed by atoms with E-state index in [1.165, 1.54) is 0 Å². The fourth-order valence-corrected chi connectivity index (χ4v) is 1.24. The van der Waals surface area contributed by atoms with Crippen molar-refractivity contribution in [1.82, 2.24) is 4.90 Å². The van der Waals surface area contributed by atoms with Gasteiger partial charge in [-0.25, -0.2) is 0 Å². The minimum absolute atomic E-state index is 0.289. The van der Waals surface area contributed by atoms with Gasteiger partial charge in [-0.1, -0.05) is 12.1 Å². The fraction of sp³-hybridized carbons (Fsp3) is 0.455. The van der Waals surface area contributed by atoms with Crippen molar-refractivity contribution in [1.29, 1.82) is 0 Å². The molecule has 1 aromatic rings. The molecule has 0 spiro atoms. The summed E-state index contributed by atoms with van der Waals surface area (Å²) >= 11 is 0. The predicted octanol–water partition coefficient (Wildman–Crippen LogP) is 1.17. The number of likely N-dealkylation sites (N-methyl/N-ethyl adjacent to an activating group) is 1. The van der Waals surface area contributed by atoms with E-state index in [0.29, 0.717) is 6.42 Å². The normalized spacial score (nSPS) is 15.5. The molecule has 0 saturated carbocycles. The lowest BCUT2D eigenvalue weighted by Crippen LogP contribution is -2.51. The molecule has 0 heterocycles. The highest BCUT2D eigenvalue weighted by molar-refractivity contribution is 5.28. The zero-order valence-corrected chi connectivity index (χ0v) is 8.99. The zero-order chi connectivity index (χ0) is 10.8. The smallest absolute Gasteiger partial charge is 0.115 e. The molecule has 0 saturated heterocycles. The number of nitrogens with two attached hydrogens (primary N) is 1. The Kier molecular flexibility index (Phi) is 3.13. The molecular weight excluding hydrogens is 176 g/mol. The standard InChI is InChI=1S/C11H18N2O/c1-11(12,13(2)3)8-9-5-4-6-10(14)7-9/h4-7,14H,8,12H2,1-3H3. The summed E-state index contributed by atoms with van der Waals surface area (Å²) in [7, 11) is 3.89. The predicted molar refractivity (Wildman–Crippen MR) is 58.1 cm³/mol. The van der Waals surface area contributed by atoms with Crippen molar-refractivity contribution in [3.05, 3.63) is 29.8 Å². The molecule has 78 valence electrons. The van der Waals surface area contributed by atoms with E-state index in [2.05, 4.69) is 0 Å². The van der Waals surface area contributed by atoms with E-state index < -0.39 is 0 Å². The monoisotopic (exact) mass is 194 g/mol. The lowest BCUT2D eigenvalue weighted by molar-refractivity contribution is 0.180. The first-order valence-corrected chi connectivity index (χ1v) is 4.66. The summed E-state index contributed by atoms with van der Waals surface area (Å²) in [4.78, 5) is 1.97. The van der Waals surface area contributed by atoms with Gasteiger partial charge in [0.15, 0.2) is 0 Å². The second-order valence-electron chi connectivity index (χ2n) is 4.10. The number of rotatable bonds is 3. The van der Waals surface area contributed by atoms with E-state index in [1.807, 2.05) is 38.1 Å². The highest BCUT2D eigenvalue weighted by atomic mass is 16.3. The Morgan fingerprint density at radius 1 is 1.43 bits per heavy atom. The Morgan fingerprint density at radius 2 is 2.07 bits per heavy atom. The number of phenols is 1. The average molecular weight is 194 g/mol. The zero-order valence-electron chi connectivity index (χ0n) is 8.99. The second-order valence-corrected chi connectivity index (χ2v) is 4.10. The highest BCUT2D eigenvalue weighted by Gasteiger charge is 2.21. The molecule has 0 bridgehead atoms. The van der Waals surface area contributed by atoms with E-state index in [-0.39, 0.29) is 11.4 Å². The van der Waals surface area contributed by atoms with Gasteiger partial charge in [-0.3, -0.25) is 4.90 Å². The van der Waals surface area contributed by atoms with Crippen molar-refractivity contribution in [3.63, 3.8) is 0 Å². The summed E-state index contributed by atoms with van der Waals surface area (Å²) in [5.74, 6) is 0.289. The van der Waals surface area contributed by atoms with Gasteiger partial charge >= 0.3 is 0 Å². The molecule has 3 nitrogen and oxygen atoms in total. The maximum atomic E-state index is 9.29. The van der Waals surface area contributed by atoms with Crippen LogP contribution < -0.4 is 5.73 Å². The van der Waals surface area contributed by atoms with Crippen LogP contribution in [0.25, 0.3) is 0 Å². The van der Waals surface area contributed by atoms with Crippen LogP contribution >= 0.6 is 0 Å². The molecule has 14 heavy (non-hydrogen) atoms. The van der Waals surface area contributed by atoms with E-state index in [1.54, 1.807) is 12.1 Å². The first-order valence-electron chi connectivity index (χ1n) is 4.66. The van der Waals surface area contributed by atoms with E-state index in [0.717, 1.165) is 5.56 Å². The lowest BCUT2D eigenvalue weighted by atomic mass is 10.0. The number of nitrogens with zero attached hydrogens (tertiary/aromatic N) is 1. The van der Waals surface area contributed by atoms with Gasteiger partial charge in [0.2, 0.25) is 0 Å². The van der Waals surface area contributed by atoms with E-state index >= 15 is 0 Å². The van der Waals surface area contributed by atoms with Crippen molar-refractivity contribution in [2.75, 3.05) is 14.1 Å². The number of benzene rings is 1. The van der Waals surface area contributed by atoms with Crippen molar-refractivity contribution in [3.8, 4) is 5.75 Å². The molecule has 0 aliphatic rings. The molecule has 0 fully saturated rings. The Balaban J connectivity index is 2.78. The molecular formula is C11H18N2O. The molecule has 0 amide bonds. The first-order chi connectivity index (χ1) is 6.42. The fourth-order valence-electron chi connectivity index (χ4n) is 1.24. The number of phenolic OH excluding ortho intramolecular Hbond substituents is 1. The van der Waals surface area contributed by atoms with Gasteiger partial charge in [0, 0.05) is 6.42 Å². The third-order valence-corrected chi connectivity index (χ3v) is 2.49. The van der Waals surface area contributed by atoms with Crippen LogP contribution in [0.3, 0.4) is 0 Å². The van der Waals surface area contributed by atoms with Gasteiger partial charge in [0.25, 0.3) is 0 Å². The summed E-state index contributed by atoms with van der Waals surface area (Å²) < 4.78 is 0.